The van der Waals surface area contributed by atoms with Crippen molar-refractivity contribution in [2.24, 2.45) is 0 Å². The second-order valence-corrected chi connectivity index (χ2v) is 6.26. The Kier molecular flexibility index (Phi) is 6.46. The number of nitrogens with one attached hydrogen (secondary N) is 2. The Labute approximate surface area is 162 Å². The van der Waals surface area contributed by atoms with E-state index >= 15 is 0 Å². The van der Waals surface area contributed by atoms with Crippen molar-refractivity contribution in [3.63, 3.8) is 0 Å². The van der Waals surface area contributed by atoms with Crippen molar-refractivity contribution in [1.29, 1.82) is 0 Å². The van der Waals surface area contributed by atoms with Gasteiger partial charge in [-0.2, -0.15) is 0 Å². The van der Waals surface area contributed by atoms with Gasteiger partial charge in [0.1, 0.15) is 5.82 Å². The summed E-state index contributed by atoms with van der Waals surface area (Å²) in [4.78, 5) is 28.6. The molecule has 0 saturated carbocycles. The number of aromatic nitrogens is 1. The number of halogens is 1. The molecule has 0 aliphatic carbocycles. The third-order valence-corrected chi connectivity index (χ3v) is 4.17. The summed E-state index contributed by atoms with van der Waals surface area (Å²) in [6.07, 6.45) is 3.42. The van der Waals surface area contributed by atoms with Gasteiger partial charge in [0, 0.05) is 25.5 Å². The minimum absolute atomic E-state index is 0.291. The topological polar surface area (TPSA) is 71.1 Å². The van der Waals surface area contributed by atoms with E-state index in [4.69, 9.17) is 0 Å². The third-order valence-electron chi connectivity index (χ3n) is 4.17. The van der Waals surface area contributed by atoms with Crippen LogP contribution in [0, 0.1) is 5.82 Å². The van der Waals surface area contributed by atoms with E-state index in [2.05, 4.69) is 15.6 Å². The number of amides is 2. The molecule has 0 unspecified atom stereocenters. The van der Waals surface area contributed by atoms with Crippen LogP contribution in [0.25, 0.3) is 0 Å². The lowest BCUT2D eigenvalue weighted by Gasteiger charge is -2.08. The molecule has 2 aromatic carbocycles. The molecule has 6 heteroatoms. The van der Waals surface area contributed by atoms with Gasteiger partial charge in [0.15, 0.2) is 0 Å². The Morgan fingerprint density at radius 1 is 0.821 bits per heavy atom. The summed E-state index contributed by atoms with van der Waals surface area (Å²) < 4.78 is 12.9. The molecule has 0 spiro atoms. The van der Waals surface area contributed by atoms with Crippen molar-refractivity contribution in [2.75, 3.05) is 6.54 Å². The SMILES string of the molecule is O=C(NCCc1ccc(F)cc1)c1cncc(C(=O)NCc2ccccc2)c1. The zero-order chi connectivity index (χ0) is 19.8. The maximum atomic E-state index is 12.9. The highest BCUT2D eigenvalue weighted by atomic mass is 19.1. The number of hydrogen-bond donors (Lipinski definition) is 2. The number of benzene rings is 2. The predicted octanol–water partition coefficient (Wildman–Crippen LogP) is 3.12. The summed E-state index contributed by atoms with van der Waals surface area (Å²) in [5.74, 6) is -0.897. The molecule has 0 fully saturated rings. The van der Waals surface area contributed by atoms with Crippen LogP contribution in [0.15, 0.2) is 73.1 Å². The second kappa shape index (κ2) is 9.41. The number of pyridine rings is 1. The molecule has 2 N–H and O–H groups in total. The van der Waals surface area contributed by atoms with Crippen molar-refractivity contribution in [3.8, 4) is 0 Å². The highest BCUT2D eigenvalue weighted by molar-refractivity contribution is 5.99. The van der Waals surface area contributed by atoms with Gasteiger partial charge in [-0.3, -0.25) is 14.6 Å². The number of carbonyl (C=O) groups excluding carboxylic acids is 2. The van der Waals surface area contributed by atoms with Crippen LogP contribution in [-0.4, -0.2) is 23.3 Å². The zero-order valence-corrected chi connectivity index (χ0v) is 15.2. The fourth-order valence-corrected chi connectivity index (χ4v) is 2.64. The minimum Gasteiger partial charge on any atom is -0.352 e. The molecule has 1 aromatic heterocycles. The van der Waals surface area contributed by atoms with E-state index in [-0.39, 0.29) is 17.6 Å². The molecule has 0 bridgehead atoms. The Bertz CT molecular complexity index is 944. The summed E-state index contributed by atoms with van der Waals surface area (Å²) >= 11 is 0. The van der Waals surface area contributed by atoms with Crippen LogP contribution in [0.2, 0.25) is 0 Å². The van der Waals surface area contributed by atoms with Crippen LogP contribution in [-0.2, 0) is 13.0 Å². The first kappa shape index (κ1) is 19.2. The molecule has 2 amide bonds. The summed E-state index contributed by atoms with van der Waals surface area (Å²) in [6.45, 7) is 0.794. The van der Waals surface area contributed by atoms with Gasteiger partial charge >= 0.3 is 0 Å². The first-order valence-corrected chi connectivity index (χ1v) is 8.91. The van der Waals surface area contributed by atoms with Crippen LogP contribution in [0.4, 0.5) is 4.39 Å². The van der Waals surface area contributed by atoms with Crippen molar-refractivity contribution in [3.05, 3.63) is 101 Å². The van der Waals surface area contributed by atoms with Gasteiger partial charge in [-0.05, 0) is 35.7 Å². The van der Waals surface area contributed by atoms with Crippen LogP contribution in [0.5, 0.6) is 0 Å². The fraction of sp³-hybridized carbons (Fsp3) is 0.136. The summed E-state index contributed by atoms with van der Waals surface area (Å²) in [7, 11) is 0. The molecule has 5 nitrogen and oxygen atoms in total. The zero-order valence-electron chi connectivity index (χ0n) is 15.2. The number of carbonyl (C=O) groups is 2. The molecule has 28 heavy (non-hydrogen) atoms. The standard InChI is InChI=1S/C22H20FN3O2/c23-20-8-6-16(7-9-20)10-11-25-21(27)18-12-19(15-24-14-18)22(28)26-13-17-4-2-1-3-5-17/h1-9,12,14-15H,10-11,13H2,(H,25,27)(H,26,28). The van der Waals surface area contributed by atoms with E-state index in [1.54, 1.807) is 12.1 Å². The Hall–Kier alpha value is -3.54. The molecule has 0 atom stereocenters. The fourth-order valence-electron chi connectivity index (χ4n) is 2.64. The molecular formula is C22H20FN3O2. The van der Waals surface area contributed by atoms with Crippen LogP contribution in [0.3, 0.4) is 0 Å². The molecule has 142 valence electrons. The van der Waals surface area contributed by atoms with E-state index in [1.165, 1.54) is 30.6 Å². The number of nitrogens with zero attached hydrogens (tertiary/aromatic N) is 1. The quantitative estimate of drug-likeness (QED) is 0.665. The second-order valence-electron chi connectivity index (χ2n) is 6.26. The third kappa shape index (κ3) is 5.48. The lowest BCUT2D eigenvalue weighted by Crippen LogP contribution is -2.27. The maximum Gasteiger partial charge on any atom is 0.253 e. The molecule has 0 radical (unpaired) electrons. The van der Waals surface area contributed by atoms with Crippen molar-refractivity contribution < 1.29 is 14.0 Å². The number of hydrogen-bond acceptors (Lipinski definition) is 3. The largest absolute Gasteiger partial charge is 0.352 e. The van der Waals surface area contributed by atoms with Crippen molar-refractivity contribution in [2.45, 2.75) is 13.0 Å². The van der Waals surface area contributed by atoms with Gasteiger partial charge in [0.2, 0.25) is 0 Å². The summed E-state index contributed by atoms with van der Waals surface area (Å²) in [5.41, 5.74) is 2.54. The van der Waals surface area contributed by atoms with Crippen LogP contribution in [0.1, 0.15) is 31.8 Å². The molecular weight excluding hydrogens is 357 g/mol. The number of rotatable bonds is 7. The van der Waals surface area contributed by atoms with Gasteiger partial charge < -0.3 is 10.6 Å². The lowest BCUT2D eigenvalue weighted by molar-refractivity contribution is 0.0950. The lowest BCUT2D eigenvalue weighted by atomic mass is 10.1. The summed E-state index contributed by atoms with van der Waals surface area (Å²) in [6, 6.07) is 17.2. The summed E-state index contributed by atoms with van der Waals surface area (Å²) in [5, 5.41) is 5.59. The Morgan fingerprint density at radius 2 is 1.46 bits per heavy atom. The van der Waals surface area contributed by atoms with Crippen LogP contribution < -0.4 is 10.6 Å². The van der Waals surface area contributed by atoms with Crippen molar-refractivity contribution in [1.82, 2.24) is 15.6 Å². The predicted molar refractivity (Wildman–Crippen MR) is 104 cm³/mol. The van der Waals surface area contributed by atoms with E-state index in [9.17, 15) is 14.0 Å². The first-order valence-electron chi connectivity index (χ1n) is 8.91. The normalized spacial score (nSPS) is 10.3. The maximum absolute atomic E-state index is 12.9. The molecule has 3 aromatic rings. The molecule has 1 heterocycles. The van der Waals surface area contributed by atoms with Gasteiger partial charge in [-0.1, -0.05) is 42.5 Å². The molecule has 0 aliphatic heterocycles. The van der Waals surface area contributed by atoms with E-state index < -0.39 is 0 Å². The average molecular weight is 377 g/mol. The monoisotopic (exact) mass is 377 g/mol. The highest BCUT2D eigenvalue weighted by Gasteiger charge is 2.11. The van der Waals surface area contributed by atoms with Gasteiger partial charge in [-0.25, -0.2) is 4.39 Å². The smallest absolute Gasteiger partial charge is 0.253 e. The first-order chi connectivity index (χ1) is 13.6. The Morgan fingerprint density at radius 3 is 2.14 bits per heavy atom. The van der Waals surface area contributed by atoms with E-state index in [0.717, 1.165) is 11.1 Å². The van der Waals surface area contributed by atoms with E-state index in [0.29, 0.717) is 30.6 Å². The van der Waals surface area contributed by atoms with Gasteiger partial charge in [-0.15, -0.1) is 0 Å². The average Bonchev–Trinajstić information content (AvgIpc) is 2.74. The van der Waals surface area contributed by atoms with Gasteiger partial charge in [0.25, 0.3) is 11.8 Å². The van der Waals surface area contributed by atoms with Gasteiger partial charge in [0.05, 0.1) is 11.1 Å². The minimum atomic E-state index is -0.313. The van der Waals surface area contributed by atoms with E-state index in [1.807, 2.05) is 30.3 Å². The molecule has 0 saturated heterocycles. The molecule has 0 aliphatic rings. The van der Waals surface area contributed by atoms with Crippen LogP contribution >= 0.6 is 0 Å². The highest BCUT2D eigenvalue weighted by Crippen LogP contribution is 2.06. The van der Waals surface area contributed by atoms with Crippen molar-refractivity contribution >= 4 is 11.8 Å². The Balaban J connectivity index is 1.53. The molecule has 3 rings (SSSR count).